The molecule has 0 spiro atoms. The van der Waals surface area contributed by atoms with Gasteiger partial charge in [-0.15, -0.1) is 0 Å². The highest BCUT2D eigenvalue weighted by atomic mass is 16.6. The van der Waals surface area contributed by atoms with Gasteiger partial charge in [0.2, 0.25) is 0 Å². The van der Waals surface area contributed by atoms with Gasteiger partial charge in [-0.1, -0.05) is 0 Å². The summed E-state index contributed by atoms with van der Waals surface area (Å²) >= 11 is 0. The number of anilines is 2. The number of hydrogen-bond donors (Lipinski definition) is 2. The molecule has 2 heterocycles. The van der Waals surface area contributed by atoms with Crippen molar-refractivity contribution >= 4 is 17.1 Å². The summed E-state index contributed by atoms with van der Waals surface area (Å²) in [6.45, 7) is 7.92. The highest BCUT2D eigenvalue weighted by Crippen LogP contribution is 2.33. The Morgan fingerprint density at radius 1 is 1.07 bits per heavy atom. The number of rotatable bonds is 9. The molecule has 2 fully saturated rings. The van der Waals surface area contributed by atoms with Crippen molar-refractivity contribution in [2.24, 2.45) is 0 Å². The van der Waals surface area contributed by atoms with Crippen LogP contribution in [0.25, 0.3) is 0 Å². The van der Waals surface area contributed by atoms with Crippen LogP contribution in [0.1, 0.15) is 0 Å². The molecule has 1 aromatic carbocycles. The van der Waals surface area contributed by atoms with Gasteiger partial charge in [0, 0.05) is 84.3 Å². The van der Waals surface area contributed by atoms with Crippen molar-refractivity contribution in [3.05, 3.63) is 28.3 Å². The van der Waals surface area contributed by atoms with E-state index in [2.05, 4.69) is 19.6 Å². The predicted octanol–water partition coefficient (Wildman–Crippen LogP) is -0.162. The summed E-state index contributed by atoms with van der Waals surface area (Å²) in [4.78, 5) is 20.0. The zero-order chi connectivity index (χ0) is 21.5. The van der Waals surface area contributed by atoms with Crippen LogP contribution in [0.2, 0.25) is 0 Å². The standard InChI is InChI=1S/C20H33N5O5/c1-30-16-18(27)15-22-6-8-23(9-7-22)17-2-3-19(25(28)29)20(14-17)24-10-4-21(5-11-24)12-13-26/h2-3,14,18,26-27H,4-13,15-16H2,1H3/t18-/m1/s1. The lowest BCUT2D eigenvalue weighted by molar-refractivity contribution is -0.384. The largest absolute Gasteiger partial charge is 0.395 e. The van der Waals surface area contributed by atoms with Gasteiger partial charge in [-0.05, 0) is 12.1 Å². The fourth-order valence-electron chi connectivity index (χ4n) is 4.20. The molecular weight excluding hydrogens is 390 g/mol. The average molecular weight is 424 g/mol. The Morgan fingerprint density at radius 3 is 2.30 bits per heavy atom. The summed E-state index contributed by atoms with van der Waals surface area (Å²) in [7, 11) is 1.58. The summed E-state index contributed by atoms with van der Waals surface area (Å²) in [5, 5.41) is 30.7. The van der Waals surface area contributed by atoms with E-state index in [1.807, 2.05) is 12.1 Å². The number of piperazine rings is 2. The number of aliphatic hydroxyl groups is 2. The van der Waals surface area contributed by atoms with E-state index in [1.54, 1.807) is 13.2 Å². The minimum Gasteiger partial charge on any atom is -0.395 e. The number of nitrogens with zero attached hydrogens (tertiary/aromatic N) is 5. The number of ether oxygens (including phenoxy) is 1. The quantitative estimate of drug-likeness (QED) is 0.414. The van der Waals surface area contributed by atoms with E-state index in [0.717, 1.165) is 45.0 Å². The molecular formula is C20H33N5O5. The summed E-state index contributed by atoms with van der Waals surface area (Å²) in [5.74, 6) is 0. The van der Waals surface area contributed by atoms with E-state index in [4.69, 9.17) is 9.84 Å². The molecule has 1 aromatic rings. The van der Waals surface area contributed by atoms with Crippen LogP contribution in [0.4, 0.5) is 17.1 Å². The maximum atomic E-state index is 11.6. The molecule has 168 valence electrons. The molecule has 0 amide bonds. The normalized spacial score (nSPS) is 19.8. The van der Waals surface area contributed by atoms with E-state index in [9.17, 15) is 15.2 Å². The van der Waals surface area contributed by atoms with Crippen LogP contribution in [-0.2, 0) is 4.74 Å². The minimum atomic E-state index is -0.489. The summed E-state index contributed by atoms with van der Waals surface area (Å²) in [6.07, 6.45) is -0.489. The van der Waals surface area contributed by atoms with Gasteiger partial charge in [-0.2, -0.15) is 0 Å². The Morgan fingerprint density at radius 2 is 1.70 bits per heavy atom. The molecule has 0 bridgehead atoms. The molecule has 10 nitrogen and oxygen atoms in total. The number of methoxy groups -OCH3 is 1. The Balaban J connectivity index is 1.66. The first kappa shape index (κ1) is 22.7. The van der Waals surface area contributed by atoms with Crippen molar-refractivity contribution in [1.82, 2.24) is 9.80 Å². The van der Waals surface area contributed by atoms with Crippen molar-refractivity contribution in [2.45, 2.75) is 6.10 Å². The second kappa shape index (κ2) is 10.9. The van der Waals surface area contributed by atoms with E-state index in [-0.39, 0.29) is 17.2 Å². The zero-order valence-electron chi connectivity index (χ0n) is 17.6. The molecule has 30 heavy (non-hydrogen) atoms. The molecule has 2 aliphatic rings. The first-order chi connectivity index (χ1) is 14.5. The molecule has 0 saturated carbocycles. The van der Waals surface area contributed by atoms with Gasteiger partial charge < -0.3 is 24.7 Å². The van der Waals surface area contributed by atoms with Crippen LogP contribution in [0.3, 0.4) is 0 Å². The average Bonchev–Trinajstić information content (AvgIpc) is 2.75. The van der Waals surface area contributed by atoms with Gasteiger partial charge >= 0.3 is 0 Å². The smallest absolute Gasteiger partial charge is 0.292 e. The zero-order valence-corrected chi connectivity index (χ0v) is 17.6. The van der Waals surface area contributed by atoms with Crippen LogP contribution in [-0.4, -0.2) is 117 Å². The molecule has 0 aliphatic carbocycles. The third-order valence-electron chi connectivity index (χ3n) is 5.85. The second-order valence-electron chi connectivity index (χ2n) is 7.88. The first-order valence-electron chi connectivity index (χ1n) is 10.5. The molecule has 2 N–H and O–H groups in total. The van der Waals surface area contributed by atoms with Crippen molar-refractivity contribution in [3.8, 4) is 0 Å². The maximum Gasteiger partial charge on any atom is 0.292 e. The fourth-order valence-corrected chi connectivity index (χ4v) is 4.20. The summed E-state index contributed by atoms with van der Waals surface area (Å²) in [5.41, 5.74) is 1.79. The van der Waals surface area contributed by atoms with Gasteiger partial charge in [-0.25, -0.2) is 0 Å². The minimum absolute atomic E-state index is 0.129. The number of hydrogen-bond acceptors (Lipinski definition) is 9. The summed E-state index contributed by atoms with van der Waals surface area (Å²) in [6, 6.07) is 5.38. The Kier molecular flexibility index (Phi) is 8.23. The van der Waals surface area contributed by atoms with Crippen molar-refractivity contribution in [1.29, 1.82) is 0 Å². The van der Waals surface area contributed by atoms with Gasteiger partial charge in [0.15, 0.2) is 0 Å². The molecule has 0 radical (unpaired) electrons. The highest BCUT2D eigenvalue weighted by molar-refractivity contribution is 5.70. The molecule has 1 atom stereocenters. The van der Waals surface area contributed by atoms with E-state index < -0.39 is 6.10 Å². The monoisotopic (exact) mass is 423 g/mol. The van der Waals surface area contributed by atoms with E-state index in [0.29, 0.717) is 38.5 Å². The van der Waals surface area contributed by atoms with Crippen LogP contribution in [0.15, 0.2) is 18.2 Å². The topological polar surface area (TPSA) is 106 Å². The molecule has 3 rings (SSSR count). The fraction of sp³-hybridized carbons (Fsp3) is 0.700. The van der Waals surface area contributed by atoms with Gasteiger partial charge in [0.05, 0.1) is 24.2 Å². The Hall–Kier alpha value is -1.98. The van der Waals surface area contributed by atoms with Crippen molar-refractivity contribution in [2.75, 3.05) is 95.6 Å². The third kappa shape index (κ3) is 5.79. The lowest BCUT2D eigenvalue weighted by Gasteiger charge is -2.38. The van der Waals surface area contributed by atoms with Crippen molar-refractivity contribution in [3.63, 3.8) is 0 Å². The molecule has 2 saturated heterocycles. The number of β-amino-alcohol motifs (C(OH)–C–C–N with tert-alkyl or cyclic N) is 2. The highest BCUT2D eigenvalue weighted by Gasteiger charge is 2.26. The number of aliphatic hydroxyl groups excluding tert-OH is 2. The summed E-state index contributed by atoms with van der Waals surface area (Å²) < 4.78 is 4.99. The SMILES string of the molecule is COC[C@H](O)CN1CCN(c2ccc([N+](=O)[O-])c(N3CCN(CCO)CC3)c2)CC1. The molecule has 0 unspecified atom stereocenters. The van der Waals surface area contributed by atoms with Crippen LogP contribution in [0.5, 0.6) is 0 Å². The molecule has 0 aromatic heterocycles. The number of nitro benzene ring substituents is 1. The lowest BCUT2D eigenvalue weighted by atomic mass is 10.1. The van der Waals surface area contributed by atoms with Gasteiger partial charge in [-0.3, -0.25) is 19.9 Å². The van der Waals surface area contributed by atoms with Crippen molar-refractivity contribution < 1.29 is 19.9 Å². The Labute approximate surface area is 177 Å². The third-order valence-corrected chi connectivity index (χ3v) is 5.85. The van der Waals surface area contributed by atoms with Gasteiger partial charge in [0.1, 0.15) is 5.69 Å². The second-order valence-corrected chi connectivity index (χ2v) is 7.88. The number of benzene rings is 1. The van der Waals surface area contributed by atoms with E-state index in [1.165, 1.54) is 0 Å². The van der Waals surface area contributed by atoms with Crippen LogP contribution in [0, 0.1) is 10.1 Å². The first-order valence-corrected chi connectivity index (χ1v) is 10.5. The molecule has 2 aliphatic heterocycles. The van der Waals surface area contributed by atoms with Crippen LogP contribution >= 0.6 is 0 Å². The molecule has 10 heteroatoms. The predicted molar refractivity (Wildman–Crippen MR) is 115 cm³/mol. The van der Waals surface area contributed by atoms with Gasteiger partial charge in [0.25, 0.3) is 5.69 Å². The maximum absolute atomic E-state index is 11.6. The van der Waals surface area contributed by atoms with Crippen LogP contribution < -0.4 is 9.80 Å². The Bertz CT molecular complexity index is 690. The lowest BCUT2D eigenvalue weighted by Crippen LogP contribution is -2.49. The van der Waals surface area contributed by atoms with E-state index >= 15 is 0 Å². The number of nitro groups is 1.